The summed E-state index contributed by atoms with van der Waals surface area (Å²) in [4.78, 5) is 25.1. The number of methoxy groups -OCH3 is 1. The molecule has 3 aromatic carbocycles. The minimum Gasteiger partial charge on any atom is -0.388 e. The zero-order valence-corrected chi connectivity index (χ0v) is 18.7. The van der Waals surface area contributed by atoms with Crippen molar-refractivity contribution < 1.29 is 19.4 Å². The highest BCUT2D eigenvalue weighted by Crippen LogP contribution is 2.30. The number of ketones is 1. The minimum atomic E-state index is -1.72. The fourth-order valence-electron chi connectivity index (χ4n) is 3.80. The Labute approximate surface area is 189 Å². The van der Waals surface area contributed by atoms with Crippen molar-refractivity contribution in [3.8, 4) is 0 Å². The van der Waals surface area contributed by atoms with Gasteiger partial charge in [0.25, 0.3) is 5.91 Å². The maximum Gasteiger partial charge on any atom is 0.261 e. The molecule has 0 aliphatic heterocycles. The van der Waals surface area contributed by atoms with Crippen LogP contribution in [0.3, 0.4) is 0 Å². The van der Waals surface area contributed by atoms with Crippen LogP contribution < -0.4 is 5.32 Å². The number of hydrogen-bond donors (Lipinski definition) is 2. The van der Waals surface area contributed by atoms with Gasteiger partial charge in [0, 0.05) is 38.3 Å². The van der Waals surface area contributed by atoms with E-state index in [0.29, 0.717) is 24.1 Å². The third-order valence-electron chi connectivity index (χ3n) is 5.49. The van der Waals surface area contributed by atoms with Crippen LogP contribution in [0.4, 0.5) is 5.69 Å². The Bertz CT molecular complexity index is 1080. The van der Waals surface area contributed by atoms with Crippen LogP contribution in [-0.2, 0) is 28.0 Å². The monoisotopic (exact) mass is 431 g/mol. The van der Waals surface area contributed by atoms with Crippen LogP contribution in [0.1, 0.15) is 39.0 Å². The Hall–Kier alpha value is -3.28. The van der Waals surface area contributed by atoms with Crippen LogP contribution in [0, 0.1) is 6.92 Å². The van der Waals surface area contributed by atoms with Gasteiger partial charge in [-0.2, -0.15) is 0 Å². The second-order valence-electron chi connectivity index (χ2n) is 8.05. The molecule has 5 nitrogen and oxygen atoms in total. The second kappa shape index (κ2) is 10.4. The van der Waals surface area contributed by atoms with Gasteiger partial charge in [-0.1, -0.05) is 60.2 Å². The van der Waals surface area contributed by atoms with Gasteiger partial charge in [0.2, 0.25) is 0 Å². The predicted octanol–water partition coefficient (Wildman–Crippen LogP) is 4.46. The van der Waals surface area contributed by atoms with Crippen molar-refractivity contribution in [2.45, 2.75) is 31.8 Å². The van der Waals surface area contributed by atoms with Gasteiger partial charge in [0.05, 0.1) is 0 Å². The molecule has 166 valence electrons. The van der Waals surface area contributed by atoms with Gasteiger partial charge in [0.15, 0.2) is 11.4 Å². The average Bonchev–Trinajstić information content (AvgIpc) is 3.15. The standard InChI is InChI=1S/C25H23NO3.C2H6O/c1-17-7-10-20(11-8-17)25(29,16-18-5-3-2-4-6-18)24(28)26-21-12-13-22-19(15-21)9-14-23(22)27;1-3-2/h2-8,10-13,15,29H,9,14,16H2,1H3,(H,26,28);1-2H3. The molecule has 0 aromatic heterocycles. The van der Waals surface area contributed by atoms with Crippen molar-refractivity contribution in [2.24, 2.45) is 0 Å². The molecule has 0 heterocycles. The first-order chi connectivity index (χ1) is 15.4. The third-order valence-corrected chi connectivity index (χ3v) is 5.49. The van der Waals surface area contributed by atoms with E-state index in [1.165, 1.54) is 0 Å². The Morgan fingerprint density at radius 2 is 1.66 bits per heavy atom. The van der Waals surface area contributed by atoms with Crippen LogP contribution in [0.2, 0.25) is 0 Å². The fourth-order valence-corrected chi connectivity index (χ4v) is 3.80. The van der Waals surface area contributed by atoms with Crippen molar-refractivity contribution in [1.82, 2.24) is 0 Å². The van der Waals surface area contributed by atoms with Crippen LogP contribution in [0.15, 0.2) is 72.8 Å². The molecule has 1 aliphatic rings. The smallest absolute Gasteiger partial charge is 0.261 e. The molecule has 1 amide bonds. The van der Waals surface area contributed by atoms with E-state index in [9.17, 15) is 14.7 Å². The second-order valence-corrected chi connectivity index (χ2v) is 8.05. The molecular formula is C27H29NO4. The van der Waals surface area contributed by atoms with Crippen molar-refractivity contribution in [1.29, 1.82) is 0 Å². The number of aryl methyl sites for hydroxylation is 2. The Morgan fingerprint density at radius 1 is 1.00 bits per heavy atom. The van der Waals surface area contributed by atoms with E-state index in [-0.39, 0.29) is 12.2 Å². The number of Topliss-reactive ketones (excluding diaryl/α,β-unsaturated/α-hetero) is 1. The molecule has 0 saturated carbocycles. The number of fused-ring (bicyclic) bond motifs is 1. The molecule has 0 spiro atoms. The minimum absolute atomic E-state index is 0.137. The van der Waals surface area contributed by atoms with Gasteiger partial charge >= 0.3 is 0 Å². The molecule has 2 N–H and O–H groups in total. The molecule has 0 radical (unpaired) electrons. The molecule has 1 unspecified atom stereocenters. The Morgan fingerprint density at radius 3 is 2.31 bits per heavy atom. The number of amides is 1. The van der Waals surface area contributed by atoms with Crippen LogP contribution in [0.5, 0.6) is 0 Å². The first-order valence-corrected chi connectivity index (χ1v) is 10.6. The molecule has 1 atom stereocenters. The summed E-state index contributed by atoms with van der Waals surface area (Å²) in [5.41, 5.74) is 2.99. The lowest BCUT2D eigenvalue weighted by atomic mass is 9.86. The molecule has 0 saturated heterocycles. The average molecular weight is 432 g/mol. The first-order valence-electron chi connectivity index (χ1n) is 10.6. The van der Waals surface area contributed by atoms with Crippen molar-refractivity contribution in [3.63, 3.8) is 0 Å². The summed E-state index contributed by atoms with van der Waals surface area (Å²) in [5.74, 6) is -0.354. The van der Waals surface area contributed by atoms with Crippen LogP contribution >= 0.6 is 0 Å². The zero-order chi connectivity index (χ0) is 23.1. The topological polar surface area (TPSA) is 75.6 Å². The molecule has 0 fully saturated rings. The number of carbonyl (C=O) groups excluding carboxylic acids is 2. The third kappa shape index (κ3) is 5.31. The molecule has 4 rings (SSSR count). The van der Waals surface area contributed by atoms with E-state index in [0.717, 1.165) is 22.3 Å². The zero-order valence-electron chi connectivity index (χ0n) is 18.7. The Kier molecular flexibility index (Phi) is 7.57. The highest BCUT2D eigenvalue weighted by Gasteiger charge is 2.38. The lowest BCUT2D eigenvalue weighted by Gasteiger charge is -2.28. The van der Waals surface area contributed by atoms with Crippen LogP contribution in [-0.4, -0.2) is 31.0 Å². The summed E-state index contributed by atoms with van der Waals surface area (Å²) in [5, 5.41) is 14.4. The van der Waals surface area contributed by atoms with Gasteiger partial charge in [-0.3, -0.25) is 9.59 Å². The van der Waals surface area contributed by atoms with Crippen molar-refractivity contribution in [3.05, 3.63) is 101 Å². The largest absolute Gasteiger partial charge is 0.388 e. The number of carbonyl (C=O) groups is 2. The lowest BCUT2D eigenvalue weighted by Crippen LogP contribution is -2.42. The Balaban J connectivity index is 0.000000913. The summed E-state index contributed by atoms with van der Waals surface area (Å²) in [6.07, 6.45) is 1.35. The number of nitrogens with one attached hydrogen (secondary N) is 1. The molecule has 0 bridgehead atoms. The summed E-state index contributed by atoms with van der Waals surface area (Å²) >= 11 is 0. The molecule has 32 heavy (non-hydrogen) atoms. The van der Waals surface area contributed by atoms with Gasteiger partial charge < -0.3 is 15.2 Å². The molecule has 5 heteroatoms. The van der Waals surface area contributed by atoms with E-state index in [1.54, 1.807) is 38.5 Å². The van der Waals surface area contributed by atoms with E-state index in [2.05, 4.69) is 10.1 Å². The summed E-state index contributed by atoms with van der Waals surface area (Å²) in [6.45, 7) is 1.96. The lowest BCUT2D eigenvalue weighted by molar-refractivity contribution is -0.135. The molecule has 3 aromatic rings. The van der Waals surface area contributed by atoms with Gasteiger partial charge in [0.1, 0.15) is 0 Å². The van der Waals surface area contributed by atoms with Crippen molar-refractivity contribution >= 4 is 17.4 Å². The quantitative estimate of drug-likeness (QED) is 0.626. The summed E-state index contributed by atoms with van der Waals surface area (Å²) in [7, 11) is 3.25. The summed E-state index contributed by atoms with van der Waals surface area (Å²) < 4.78 is 4.25. The summed E-state index contributed by atoms with van der Waals surface area (Å²) in [6, 6.07) is 22.1. The number of anilines is 1. The normalized spacial score (nSPS) is 14.1. The first kappa shape index (κ1) is 23.4. The van der Waals surface area contributed by atoms with Gasteiger partial charge in [-0.25, -0.2) is 0 Å². The predicted molar refractivity (Wildman–Crippen MR) is 126 cm³/mol. The van der Waals surface area contributed by atoms with Gasteiger partial charge in [-0.05, 0) is 48.2 Å². The number of rotatable bonds is 5. The number of aliphatic hydroxyl groups is 1. The van der Waals surface area contributed by atoms with E-state index in [1.807, 2.05) is 55.5 Å². The highest BCUT2D eigenvalue weighted by molar-refractivity contribution is 6.02. The highest BCUT2D eigenvalue weighted by atomic mass is 16.4. The molecular weight excluding hydrogens is 402 g/mol. The fraction of sp³-hybridized carbons (Fsp3) is 0.259. The number of ether oxygens (including phenoxy) is 1. The van der Waals surface area contributed by atoms with E-state index >= 15 is 0 Å². The van der Waals surface area contributed by atoms with Gasteiger partial charge in [-0.15, -0.1) is 0 Å². The molecule has 1 aliphatic carbocycles. The van der Waals surface area contributed by atoms with E-state index < -0.39 is 11.5 Å². The van der Waals surface area contributed by atoms with Crippen molar-refractivity contribution in [2.75, 3.05) is 19.5 Å². The van der Waals surface area contributed by atoms with E-state index in [4.69, 9.17) is 0 Å². The number of hydrogen-bond acceptors (Lipinski definition) is 4. The SMILES string of the molecule is COC.Cc1ccc(C(O)(Cc2ccccc2)C(=O)Nc2ccc3c(c2)CCC3=O)cc1. The number of benzene rings is 3. The van der Waals surface area contributed by atoms with Crippen LogP contribution in [0.25, 0.3) is 0 Å². The maximum atomic E-state index is 13.3. The maximum absolute atomic E-state index is 13.3.